The summed E-state index contributed by atoms with van der Waals surface area (Å²) in [6.07, 6.45) is 0.338. The van der Waals surface area contributed by atoms with Gasteiger partial charge in [-0.2, -0.15) is 0 Å². The second-order valence-corrected chi connectivity index (χ2v) is 4.98. The van der Waals surface area contributed by atoms with Crippen LogP contribution in [0.4, 0.5) is 0 Å². The van der Waals surface area contributed by atoms with Crippen LogP contribution in [0, 0.1) is 0 Å². The van der Waals surface area contributed by atoms with Crippen molar-refractivity contribution in [3.63, 3.8) is 0 Å². The van der Waals surface area contributed by atoms with E-state index in [1.54, 1.807) is 6.92 Å². The van der Waals surface area contributed by atoms with Gasteiger partial charge in [0.1, 0.15) is 12.1 Å². The van der Waals surface area contributed by atoms with Gasteiger partial charge >= 0.3 is 0 Å². The van der Waals surface area contributed by atoms with Crippen molar-refractivity contribution < 1.29 is 14.4 Å². The lowest BCUT2D eigenvalue weighted by atomic mass is 10.0. The molecule has 0 saturated carbocycles. The monoisotopic (exact) mass is 291 g/mol. The number of nitrogens with two attached hydrogens (primary N) is 1. The van der Waals surface area contributed by atoms with Crippen molar-refractivity contribution in [3.8, 4) is 0 Å². The first-order valence-electron chi connectivity index (χ1n) is 6.70. The first-order valence-corrected chi connectivity index (χ1v) is 6.70. The molecule has 0 aromatic heterocycles. The lowest BCUT2D eigenvalue weighted by Crippen LogP contribution is -2.53. The zero-order chi connectivity index (χ0) is 16.0. The molecule has 0 saturated heterocycles. The van der Waals surface area contributed by atoms with Crippen LogP contribution in [0.2, 0.25) is 0 Å². The standard InChI is InChI=1S/C15H21N3O3/c1-10(17-11(2)19)15(21)18(3)13(14(16)20)9-12-7-5-4-6-8-12/h4-8,10,13H,9H2,1-3H3,(H2,16,20)(H,17,19)/t10-,13-/m1/s1. The second kappa shape index (κ2) is 7.42. The molecule has 0 aliphatic rings. The topological polar surface area (TPSA) is 92.5 Å². The van der Waals surface area contributed by atoms with Crippen molar-refractivity contribution >= 4 is 17.7 Å². The molecule has 114 valence electrons. The quantitative estimate of drug-likeness (QED) is 0.776. The number of likely N-dealkylation sites (N-methyl/N-ethyl adjacent to an activating group) is 1. The molecule has 0 aliphatic carbocycles. The Balaban J connectivity index is 2.82. The summed E-state index contributed by atoms with van der Waals surface area (Å²) in [5.41, 5.74) is 6.31. The first-order chi connectivity index (χ1) is 9.82. The summed E-state index contributed by atoms with van der Waals surface area (Å²) in [7, 11) is 1.51. The van der Waals surface area contributed by atoms with Crippen LogP contribution in [0.15, 0.2) is 30.3 Å². The van der Waals surface area contributed by atoms with Gasteiger partial charge < -0.3 is 16.0 Å². The van der Waals surface area contributed by atoms with E-state index in [4.69, 9.17) is 5.73 Å². The van der Waals surface area contributed by atoms with E-state index in [2.05, 4.69) is 5.32 Å². The van der Waals surface area contributed by atoms with E-state index in [0.717, 1.165) is 5.56 Å². The fourth-order valence-corrected chi connectivity index (χ4v) is 2.09. The minimum atomic E-state index is -0.754. The molecule has 0 unspecified atom stereocenters. The summed E-state index contributed by atoms with van der Waals surface area (Å²) < 4.78 is 0. The number of primary amides is 1. The fourth-order valence-electron chi connectivity index (χ4n) is 2.09. The molecule has 0 spiro atoms. The fraction of sp³-hybridized carbons (Fsp3) is 0.400. The number of benzene rings is 1. The third-order valence-corrected chi connectivity index (χ3v) is 3.21. The molecular formula is C15H21N3O3. The van der Waals surface area contributed by atoms with E-state index < -0.39 is 18.0 Å². The Morgan fingerprint density at radius 2 is 1.81 bits per heavy atom. The number of amides is 3. The van der Waals surface area contributed by atoms with E-state index in [1.165, 1.54) is 18.9 Å². The number of rotatable bonds is 6. The molecule has 0 bridgehead atoms. The summed E-state index contributed by atoms with van der Waals surface area (Å²) in [5.74, 6) is -1.24. The van der Waals surface area contributed by atoms with Crippen LogP contribution in [-0.4, -0.2) is 41.8 Å². The summed E-state index contributed by atoms with van der Waals surface area (Å²) in [5, 5.41) is 2.50. The van der Waals surface area contributed by atoms with Crippen molar-refractivity contribution in [2.75, 3.05) is 7.05 Å². The number of nitrogens with one attached hydrogen (secondary N) is 1. The third-order valence-electron chi connectivity index (χ3n) is 3.21. The summed E-state index contributed by atoms with van der Waals surface area (Å²) in [6, 6.07) is 7.86. The highest BCUT2D eigenvalue weighted by Crippen LogP contribution is 2.09. The third kappa shape index (κ3) is 4.91. The average molecular weight is 291 g/mol. The number of hydrogen-bond acceptors (Lipinski definition) is 3. The zero-order valence-electron chi connectivity index (χ0n) is 12.5. The first kappa shape index (κ1) is 16.7. The van der Waals surface area contributed by atoms with Crippen LogP contribution in [0.1, 0.15) is 19.4 Å². The van der Waals surface area contributed by atoms with E-state index in [9.17, 15) is 14.4 Å². The van der Waals surface area contributed by atoms with Crippen LogP contribution >= 0.6 is 0 Å². The molecule has 1 aromatic rings. The lowest BCUT2D eigenvalue weighted by Gasteiger charge is -2.28. The van der Waals surface area contributed by atoms with Gasteiger partial charge in [0, 0.05) is 20.4 Å². The van der Waals surface area contributed by atoms with Crippen LogP contribution in [0.5, 0.6) is 0 Å². The van der Waals surface area contributed by atoms with Crippen molar-refractivity contribution in [2.24, 2.45) is 5.73 Å². The van der Waals surface area contributed by atoms with Crippen molar-refractivity contribution in [1.29, 1.82) is 0 Å². The average Bonchev–Trinajstić information content (AvgIpc) is 2.43. The van der Waals surface area contributed by atoms with Gasteiger partial charge in [-0.15, -0.1) is 0 Å². The Morgan fingerprint density at radius 3 is 2.29 bits per heavy atom. The largest absolute Gasteiger partial charge is 0.368 e. The molecule has 0 heterocycles. The Kier molecular flexibility index (Phi) is 5.90. The van der Waals surface area contributed by atoms with Gasteiger partial charge in [0.2, 0.25) is 17.7 Å². The Morgan fingerprint density at radius 1 is 1.24 bits per heavy atom. The summed E-state index contributed by atoms with van der Waals surface area (Å²) >= 11 is 0. The highest BCUT2D eigenvalue weighted by molar-refractivity contribution is 5.91. The van der Waals surface area contributed by atoms with Gasteiger partial charge in [-0.25, -0.2) is 0 Å². The summed E-state index contributed by atoms with van der Waals surface area (Å²) in [4.78, 5) is 36.1. The molecule has 0 fully saturated rings. The maximum absolute atomic E-state index is 12.2. The number of carbonyl (C=O) groups is 3. The number of hydrogen-bond donors (Lipinski definition) is 2. The molecule has 6 heteroatoms. The molecule has 3 N–H and O–H groups in total. The van der Waals surface area contributed by atoms with Gasteiger partial charge in [0.05, 0.1) is 0 Å². The van der Waals surface area contributed by atoms with Gasteiger partial charge in [0.25, 0.3) is 0 Å². The Bertz CT molecular complexity index is 516. The predicted molar refractivity (Wildman–Crippen MR) is 79.2 cm³/mol. The smallest absolute Gasteiger partial charge is 0.245 e. The minimum Gasteiger partial charge on any atom is -0.368 e. The highest BCUT2D eigenvalue weighted by atomic mass is 16.2. The van der Waals surface area contributed by atoms with Gasteiger partial charge in [-0.05, 0) is 12.5 Å². The molecule has 0 aliphatic heterocycles. The Hall–Kier alpha value is -2.37. The minimum absolute atomic E-state index is 0.303. The molecule has 6 nitrogen and oxygen atoms in total. The van der Waals surface area contributed by atoms with E-state index in [1.807, 2.05) is 30.3 Å². The van der Waals surface area contributed by atoms with E-state index in [-0.39, 0.29) is 11.8 Å². The molecule has 21 heavy (non-hydrogen) atoms. The molecule has 1 rings (SSSR count). The van der Waals surface area contributed by atoms with Crippen LogP contribution in [0.25, 0.3) is 0 Å². The lowest BCUT2D eigenvalue weighted by molar-refractivity contribution is -0.140. The normalized spacial score (nSPS) is 13.1. The van der Waals surface area contributed by atoms with E-state index >= 15 is 0 Å². The zero-order valence-corrected chi connectivity index (χ0v) is 12.5. The molecule has 1 aromatic carbocycles. The van der Waals surface area contributed by atoms with Crippen LogP contribution in [-0.2, 0) is 20.8 Å². The number of nitrogens with zero attached hydrogens (tertiary/aromatic N) is 1. The maximum Gasteiger partial charge on any atom is 0.245 e. The molecular weight excluding hydrogens is 270 g/mol. The van der Waals surface area contributed by atoms with Gasteiger partial charge in [-0.1, -0.05) is 30.3 Å². The second-order valence-electron chi connectivity index (χ2n) is 4.98. The molecule has 0 radical (unpaired) electrons. The van der Waals surface area contributed by atoms with Crippen molar-refractivity contribution in [2.45, 2.75) is 32.4 Å². The van der Waals surface area contributed by atoms with Gasteiger partial charge in [-0.3, -0.25) is 14.4 Å². The van der Waals surface area contributed by atoms with Crippen molar-refractivity contribution in [3.05, 3.63) is 35.9 Å². The molecule has 3 amide bonds. The molecule has 2 atom stereocenters. The Labute approximate surface area is 124 Å². The van der Waals surface area contributed by atoms with E-state index in [0.29, 0.717) is 6.42 Å². The SMILES string of the molecule is CC(=O)N[C@H](C)C(=O)N(C)[C@H](Cc1ccccc1)C(N)=O. The number of carbonyl (C=O) groups excluding carboxylic acids is 3. The van der Waals surface area contributed by atoms with Crippen LogP contribution < -0.4 is 11.1 Å². The highest BCUT2D eigenvalue weighted by Gasteiger charge is 2.28. The van der Waals surface area contributed by atoms with Gasteiger partial charge in [0.15, 0.2) is 0 Å². The predicted octanol–water partition coefficient (Wildman–Crippen LogP) is 0.0660. The summed E-state index contributed by atoms with van der Waals surface area (Å²) in [6.45, 7) is 2.90. The van der Waals surface area contributed by atoms with Crippen molar-refractivity contribution in [1.82, 2.24) is 10.2 Å². The van der Waals surface area contributed by atoms with Crippen LogP contribution in [0.3, 0.4) is 0 Å². The maximum atomic E-state index is 12.2.